The molecule has 2 rings (SSSR count). The maximum absolute atomic E-state index is 11.2. The van der Waals surface area contributed by atoms with Gasteiger partial charge in [-0.15, -0.1) is 0 Å². The van der Waals surface area contributed by atoms with Crippen molar-refractivity contribution in [2.24, 2.45) is 16.8 Å². The fraction of sp³-hybridized carbons (Fsp3) is 0.333. The molecule has 0 saturated carbocycles. The number of hydrogen-bond donors (Lipinski definition) is 2. The summed E-state index contributed by atoms with van der Waals surface area (Å²) in [7, 11) is 0. The van der Waals surface area contributed by atoms with Crippen LogP contribution in [0.25, 0.3) is 0 Å². The molecule has 0 saturated heterocycles. The van der Waals surface area contributed by atoms with E-state index in [9.17, 15) is 4.79 Å². The number of carbonyl (C=O) groups excluding carboxylic acids is 1. The summed E-state index contributed by atoms with van der Waals surface area (Å²) in [5, 5.41) is 3.93. The molecule has 1 heterocycles. The topological polar surface area (TPSA) is 67.5 Å². The number of hydrogen-bond acceptors (Lipinski definition) is 4. The third-order valence-corrected chi connectivity index (χ3v) is 2.25. The Kier molecular flexibility index (Phi) is 1.98. The molecule has 1 aliphatic carbocycles. The number of nitrogens with two attached hydrogens (primary N) is 1. The molecule has 0 aromatic heterocycles. The van der Waals surface area contributed by atoms with E-state index in [0.29, 0.717) is 5.57 Å². The number of carbonyl (C=O) groups is 1. The van der Waals surface area contributed by atoms with Gasteiger partial charge in [-0.1, -0.05) is 12.2 Å². The predicted molar refractivity (Wildman–Crippen MR) is 50.2 cm³/mol. The van der Waals surface area contributed by atoms with Crippen LogP contribution >= 0.6 is 0 Å². The molecule has 1 aliphatic heterocycles. The summed E-state index contributed by atoms with van der Waals surface area (Å²) >= 11 is 0. The lowest BCUT2D eigenvalue weighted by Crippen LogP contribution is -2.28. The zero-order chi connectivity index (χ0) is 9.26. The number of Topliss-reactive ketones (excluding diaryl/α,β-unsaturated/α-hetero) is 1. The van der Waals surface area contributed by atoms with Crippen LogP contribution < -0.4 is 11.2 Å². The third kappa shape index (κ3) is 1.40. The summed E-state index contributed by atoms with van der Waals surface area (Å²) in [5.74, 6) is 0.262. The molecule has 0 spiro atoms. The Balaban J connectivity index is 2.17. The van der Waals surface area contributed by atoms with E-state index < -0.39 is 0 Å². The Morgan fingerprint density at radius 2 is 2.54 bits per heavy atom. The monoisotopic (exact) mass is 177 g/mol. The molecule has 0 aromatic carbocycles. The molecule has 13 heavy (non-hydrogen) atoms. The van der Waals surface area contributed by atoms with Crippen LogP contribution in [-0.2, 0) is 4.79 Å². The number of fused-ring (bicyclic) bond motifs is 1. The average molecular weight is 177 g/mol. The second kappa shape index (κ2) is 3.14. The van der Waals surface area contributed by atoms with Crippen LogP contribution in [0.1, 0.15) is 0 Å². The van der Waals surface area contributed by atoms with Crippen molar-refractivity contribution >= 4 is 12.0 Å². The molecule has 0 amide bonds. The van der Waals surface area contributed by atoms with E-state index in [4.69, 9.17) is 5.73 Å². The Bertz CT molecular complexity index is 317. The van der Waals surface area contributed by atoms with Gasteiger partial charge in [-0.25, -0.2) is 0 Å². The summed E-state index contributed by atoms with van der Waals surface area (Å²) < 4.78 is 0. The highest BCUT2D eigenvalue weighted by Gasteiger charge is 2.24. The Labute approximate surface area is 76.2 Å². The number of nitrogens with one attached hydrogen (secondary N) is 1. The van der Waals surface area contributed by atoms with Gasteiger partial charge in [0.15, 0.2) is 5.78 Å². The van der Waals surface area contributed by atoms with Crippen molar-refractivity contribution in [3.05, 3.63) is 23.8 Å². The van der Waals surface area contributed by atoms with Gasteiger partial charge in [-0.3, -0.25) is 4.79 Å². The lowest BCUT2D eigenvalue weighted by molar-refractivity contribution is -0.114. The molecule has 0 fully saturated rings. The largest absolute Gasteiger partial charge is 0.324 e. The number of rotatable bonds is 2. The van der Waals surface area contributed by atoms with Gasteiger partial charge in [-0.2, -0.15) is 5.10 Å². The Hall–Kier alpha value is -1.42. The van der Waals surface area contributed by atoms with Crippen LogP contribution in [0, 0.1) is 5.92 Å². The van der Waals surface area contributed by atoms with Crippen molar-refractivity contribution in [2.45, 2.75) is 6.04 Å². The molecule has 3 N–H and O–H groups in total. The summed E-state index contributed by atoms with van der Waals surface area (Å²) in [6, 6.07) is 0.135. The van der Waals surface area contributed by atoms with Gasteiger partial charge < -0.3 is 11.2 Å². The van der Waals surface area contributed by atoms with E-state index >= 15 is 0 Å². The second-order valence-corrected chi connectivity index (χ2v) is 3.12. The molecule has 4 nitrogen and oxygen atoms in total. The van der Waals surface area contributed by atoms with Gasteiger partial charge in [0.1, 0.15) is 0 Å². The van der Waals surface area contributed by atoms with Crippen molar-refractivity contribution in [3.63, 3.8) is 0 Å². The molecule has 2 aliphatic rings. The van der Waals surface area contributed by atoms with Gasteiger partial charge in [0.05, 0.1) is 12.6 Å². The zero-order valence-electron chi connectivity index (χ0n) is 7.10. The third-order valence-electron chi connectivity index (χ3n) is 2.25. The quantitative estimate of drug-likeness (QED) is 0.602. The van der Waals surface area contributed by atoms with Crippen LogP contribution in [0.3, 0.4) is 0 Å². The van der Waals surface area contributed by atoms with Crippen LogP contribution in [0.2, 0.25) is 0 Å². The zero-order valence-corrected chi connectivity index (χ0v) is 7.10. The summed E-state index contributed by atoms with van der Waals surface area (Å²) in [6.07, 6.45) is 7.50. The number of ketones is 1. The number of nitrogens with zero attached hydrogens (tertiary/aromatic N) is 1. The van der Waals surface area contributed by atoms with E-state index in [2.05, 4.69) is 10.5 Å². The SMILES string of the molecule is NCC(=O)C1=CC2NN=CC2C=C1. The molecular weight excluding hydrogens is 166 g/mol. The Morgan fingerprint density at radius 3 is 3.31 bits per heavy atom. The standard InChI is InChI=1S/C9H11N3O/c10-4-9(13)6-1-2-7-5-11-12-8(7)3-6/h1-3,5,7-8,12H,4,10H2. The van der Waals surface area contributed by atoms with E-state index in [0.717, 1.165) is 0 Å². The molecule has 2 atom stereocenters. The second-order valence-electron chi connectivity index (χ2n) is 3.12. The fourth-order valence-electron chi connectivity index (χ4n) is 1.48. The van der Waals surface area contributed by atoms with Gasteiger partial charge in [0, 0.05) is 17.7 Å². The predicted octanol–water partition coefficient (Wildman–Crippen LogP) is -0.416. The summed E-state index contributed by atoms with van der Waals surface area (Å²) in [5.41, 5.74) is 8.86. The van der Waals surface area contributed by atoms with Gasteiger partial charge in [0.2, 0.25) is 0 Å². The lowest BCUT2D eigenvalue weighted by atomic mass is 9.92. The molecule has 68 valence electrons. The van der Waals surface area contributed by atoms with Crippen molar-refractivity contribution in [2.75, 3.05) is 6.54 Å². The van der Waals surface area contributed by atoms with Gasteiger partial charge >= 0.3 is 0 Å². The minimum Gasteiger partial charge on any atom is -0.324 e. The van der Waals surface area contributed by atoms with E-state index in [1.165, 1.54) is 0 Å². The van der Waals surface area contributed by atoms with Gasteiger partial charge in [0.25, 0.3) is 0 Å². The first-order valence-electron chi connectivity index (χ1n) is 4.23. The highest BCUT2D eigenvalue weighted by molar-refractivity contribution is 6.00. The van der Waals surface area contributed by atoms with Crippen molar-refractivity contribution in [3.8, 4) is 0 Å². The van der Waals surface area contributed by atoms with Crippen LogP contribution in [0.5, 0.6) is 0 Å². The molecule has 4 heteroatoms. The van der Waals surface area contributed by atoms with E-state index in [1.807, 2.05) is 24.4 Å². The van der Waals surface area contributed by atoms with Crippen LogP contribution in [-0.4, -0.2) is 24.6 Å². The summed E-state index contributed by atoms with van der Waals surface area (Å²) in [6.45, 7) is 0.0639. The minimum absolute atomic E-state index is 0.0246. The Morgan fingerprint density at radius 1 is 1.69 bits per heavy atom. The lowest BCUT2D eigenvalue weighted by Gasteiger charge is -2.16. The maximum Gasteiger partial charge on any atom is 0.176 e. The smallest absolute Gasteiger partial charge is 0.176 e. The van der Waals surface area contributed by atoms with Crippen molar-refractivity contribution in [1.82, 2.24) is 5.43 Å². The van der Waals surface area contributed by atoms with E-state index in [1.54, 1.807) is 0 Å². The average Bonchev–Trinajstić information content (AvgIpc) is 2.63. The first kappa shape index (κ1) is 8.19. The molecular formula is C9H11N3O. The molecule has 0 radical (unpaired) electrons. The van der Waals surface area contributed by atoms with Crippen LogP contribution in [0.4, 0.5) is 0 Å². The van der Waals surface area contributed by atoms with Gasteiger partial charge in [-0.05, 0) is 6.08 Å². The fourth-order valence-corrected chi connectivity index (χ4v) is 1.48. The van der Waals surface area contributed by atoms with Crippen molar-refractivity contribution < 1.29 is 4.79 Å². The normalized spacial score (nSPS) is 29.5. The highest BCUT2D eigenvalue weighted by atomic mass is 16.1. The molecule has 0 aromatic rings. The maximum atomic E-state index is 11.2. The summed E-state index contributed by atoms with van der Waals surface area (Å²) in [4.78, 5) is 11.2. The number of allylic oxidation sites excluding steroid dienone is 1. The first-order chi connectivity index (χ1) is 6.31. The molecule has 2 unspecified atom stereocenters. The molecule has 0 bridgehead atoms. The van der Waals surface area contributed by atoms with E-state index in [-0.39, 0.29) is 24.3 Å². The first-order valence-corrected chi connectivity index (χ1v) is 4.23. The van der Waals surface area contributed by atoms with Crippen LogP contribution in [0.15, 0.2) is 28.9 Å². The van der Waals surface area contributed by atoms with Crippen molar-refractivity contribution in [1.29, 1.82) is 0 Å². The minimum atomic E-state index is -0.0246. The highest BCUT2D eigenvalue weighted by Crippen LogP contribution is 2.18. The number of hydrazone groups is 1.